The van der Waals surface area contributed by atoms with Gasteiger partial charge in [0.05, 0.1) is 24.8 Å². The minimum Gasteiger partial charge on any atom is -0.507 e. The van der Waals surface area contributed by atoms with Crippen molar-refractivity contribution in [1.29, 1.82) is 0 Å². The minimum atomic E-state index is -0.788. The zero-order chi connectivity index (χ0) is 28.6. The number of amides is 1. The first kappa shape index (κ1) is 29.3. The molecule has 1 atom stereocenters. The largest absolute Gasteiger partial charge is 0.507 e. The summed E-state index contributed by atoms with van der Waals surface area (Å²) in [5.41, 5.74) is 1.07. The van der Waals surface area contributed by atoms with Gasteiger partial charge in [-0.2, -0.15) is 0 Å². The molecule has 1 N–H and O–H groups in total. The van der Waals surface area contributed by atoms with Crippen molar-refractivity contribution >= 4 is 17.4 Å². The van der Waals surface area contributed by atoms with E-state index in [4.69, 9.17) is 18.9 Å². The maximum atomic E-state index is 13.4. The van der Waals surface area contributed by atoms with Crippen LogP contribution in [0.15, 0.2) is 42.0 Å². The Hall–Kier alpha value is -3.72. The van der Waals surface area contributed by atoms with Gasteiger partial charge in [-0.3, -0.25) is 9.59 Å². The number of ketones is 1. The molecule has 1 fully saturated rings. The third-order valence-electron chi connectivity index (χ3n) is 6.95. The maximum absolute atomic E-state index is 13.4. The van der Waals surface area contributed by atoms with E-state index in [0.717, 1.165) is 25.8 Å². The molecule has 0 radical (unpaired) electrons. The van der Waals surface area contributed by atoms with E-state index in [0.29, 0.717) is 73.5 Å². The number of fused-ring (bicyclic) bond motifs is 1. The molecule has 0 spiro atoms. The molecule has 9 heteroatoms. The molecule has 2 heterocycles. The van der Waals surface area contributed by atoms with Crippen molar-refractivity contribution in [3.05, 3.63) is 53.1 Å². The Morgan fingerprint density at radius 3 is 2.48 bits per heavy atom. The summed E-state index contributed by atoms with van der Waals surface area (Å²) in [4.78, 5) is 30.4. The van der Waals surface area contributed by atoms with Gasteiger partial charge in [-0.05, 0) is 76.3 Å². The van der Waals surface area contributed by atoms with Crippen LogP contribution in [0.5, 0.6) is 23.0 Å². The van der Waals surface area contributed by atoms with Gasteiger partial charge >= 0.3 is 0 Å². The highest BCUT2D eigenvalue weighted by Crippen LogP contribution is 2.43. The molecular weight excluding hydrogens is 512 g/mol. The van der Waals surface area contributed by atoms with E-state index in [1.165, 1.54) is 0 Å². The molecule has 0 bridgehead atoms. The lowest BCUT2D eigenvalue weighted by molar-refractivity contribution is -0.139. The summed E-state index contributed by atoms with van der Waals surface area (Å²) in [6.45, 7) is 6.95. The highest BCUT2D eigenvalue weighted by atomic mass is 16.6. The summed E-state index contributed by atoms with van der Waals surface area (Å²) < 4.78 is 23.2. The van der Waals surface area contributed by atoms with E-state index in [1.54, 1.807) is 23.1 Å². The van der Waals surface area contributed by atoms with Gasteiger partial charge in [-0.25, -0.2) is 0 Å². The van der Waals surface area contributed by atoms with E-state index < -0.39 is 17.7 Å². The Bertz CT molecular complexity index is 1240. The third kappa shape index (κ3) is 6.53. The fourth-order valence-corrected chi connectivity index (χ4v) is 4.98. The second kappa shape index (κ2) is 13.6. The van der Waals surface area contributed by atoms with Crippen molar-refractivity contribution in [3.63, 3.8) is 0 Å². The zero-order valence-electron chi connectivity index (χ0n) is 23.9. The highest BCUT2D eigenvalue weighted by Gasteiger charge is 2.46. The highest BCUT2D eigenvalue weighted by molar-refractivity contribution is 6.46. The minimum absolute atomic E-state index is 0.0330. The molecule has 0 unspecified atom stereocenters. The van der Waals surface area contributed by atoms with Crippen LogP contribution < -0.4 is 18.9 Å². The van der Waals surface area contributed by atoms with Crippen molar-refractivity contribution in [2.75, 3.05) is 53.6 Å². The van der Waals surface area contributed by atoms with Gasteiger partial charge in [-0.15, -0.1) is 0 Å². The molecular formula is C31H40N2O7. The Morgan fingerprint density at radius 2 is 1.75 bits per heavy atom. The van der Waals surface area contributed by atoms with Crippen LogP contribution >= 0.6 is 0 Å². The van der Waals surface area contributed by atoms with Crippen molar-refractivity contribution in [3.8, 4) is 23.0 Å². The van der Waals surface area contributed by atoms with Crippen LogP contribution in [0, 0.1) is 0 Å². The molecule has 9 nitrogen and oxygen atoms in total. The van der Waals surface area contributed by atoms with Crippen LogP contribution in [-0.4, -0.2) is 80.2 Å². The van der Waals surface area contributed by atoms with E-state index in [9.17, 15) is 14.7 Å². The SMILES string of the molecule is CCCCCOc1ccc([C@@H]2/C(=C(\O)c3ccc4c(c3)OCCO4)C(=O)C(=O)N2CCCN(C)C)cc1OCC. The van der Waals surface area contributed by atoms with Crippen LogP contribution in [0.25, 0.3) is 5.76 Å². The van der Waals surface area contributed by atoms with Gasteiger partial charge in [-0.1, -0.05) is 25.8 Å². The number of nitrogens with zero attached hydrogens (tertiary/aromatic N) is 2. The Morgan fingerprint density at radius 1 is 0.975 bits per heavy atom. The predicted octanol–water partition coefficient (Wildman–Crippen LogP) is 4.80. The lowest BCUT2D eigenvalue weighted by Gasteiger charge is -2.27. The Labute approximate surface area is 236 Å². The summed E-state index contributed by atoms with van der Waals surface area (Å²) >= 11 is 0. The number of Topliss-reactive ketones (excluding diaryl/α,β-unsaturated/α-hetero) is 1. The smallest absolute Gasteiger partial charge is 0.295 e. The molecule has 0 aliphatic carbocycles. The average molecular weight is 553 g/mol. The number of likely N-dealkylation sites (tertiary alicyclic amines) is 1. The molecule has 2 aliphatic rings. The second-order valence-electron chi connectivity index (χ2n) is 10.2. The third-order valence-corrected chi connectivity index (χ3v) is 6.95. The summed E-state index contributed by atoms with van der Waals surface area (Å²) in [5, 5.41) is 11.5. The second-order valence-corrected chi connectivity index (χ2v) is 10.2. The van der Waals surface area contributed by atoms with Gasteiger partial charge in [0.25, 0.3) is 11.7 Å². The number of ether oxygens (including phenoxy) is 4. The lowest BCUT2D eigenvalue weighted by Crippen LogP contribution is -2.32. The quantitative estimate of drug-likeness (QED) is 0.164. The van der Waals surface area contributed by atoms with Crippen molar-refractivity contribution in [2.45, 2.75) is 45.6 Å². The maximum Gasteiger partial charge on any atom is 0.295 e. The molecule has 2 aromatic carbocycles. The van der Waals surface area contributed by atoms with Crippen LogP contribution in [-0.2, 0) is 9.59 Å². The van der Waals surface area contributed by atoms with Crippen molar-refractivity contribution in [1.82, 2.24) is 9.80 Å². The van der Waals surface area contributed by atoms with E-state index in [1.807, 2.05) is 44.1 Å². The normalized spacial score (nSPS) is 17.9. The number of hydrogen-bond acceptors (Lipinski definition) is 8. The van der Waals surface area contributed by atoms with Crippen LogP contribution in [0.3, 0.4) is 0 Å². The summed E-state index contributed by atoms with van der Waals surface area (Å²) in [6, 6.07) is 9.68. The van der Waals surface area contributed by atoms with E-state index in [-0.39, 0.29) is 11.3 Å². The molecule has 0 aromatic heterocycles. The van der Waals surface area contributed by atoms with Gasteiger partial charge in [0.1, 0.15) is 19.0 Å². The summed E-state index contributed by atoms with van der Waals surface area (Å²) in [6.07, 6.45) is 3.77. The summed E-state index contributed by atoms with van der Waals surface area (Å²) in [5.74, 6) is 0.580. The first-order valence-corrected chi connectivity index (χ1v) is 14.1. The topological polar surface area (TPSA) is 97.8 Å². The number of benzene rings is 2. The first-order chi connectivity index (χ1) is 19.3. The first-order valence-electron chi connectivity index (χ1n) is 14.1. The fourth-order valence-electron chi connectivity index (χ4n) is 4.98. The van der Waals surface area contributed by atoms with Gasteiger partial charge < -0.3 is 33.9 Å². The Balaban J connectivity index is 1.76. The van der Waals surface area contributed by atoms with Gasteiger partial charge in [0, 0.05) is 12.1 Å². The van der Waals surface area contributed by atoms with Gasteiger partial charge in [0.2, 0.25) is 0 Å². The molecule has 2 aromatic rings. The molecule has 4 rings (SSSR count). The predicted molar refractivity (Wildman–Crippen MR) is 152 cm³/mol. The molecule has 0 saturated carbocycles. The number of carbonyl (C=O) groups is 2. The number of carbonyl (C=O) groups excluding carboxylic acids is 2. The number of unbranched alkanes of at least 4 members (excludes halogenated alkanes) is 2. The molecule has 2 aliphatic heterocycles. The van der Waals surface area contributed by atoms with Crippen molar-refractivity contribution < 1.29 is 33.6 Å². The lowest BCUT2D eigenvalue weighted by atomic mass is 9.94. The molecule has 1 saturated heterocycles. The average Bonchev–Trinajstić information content (AvgIpc) is 3.20. The van der Waals surface area contributed by atoms with E-state index in [2.05, 4.69) is 6.92 Å². The zero-order valence-corrected chi connectivity index (χ0v) is 23.9. The number of hydrogen-bond donors (Lipinski definition) is 1. The number of rotatable bonds is 13. The summed E-state index contributed by atoms with van der Waals surface area (Å²) in [7, 11) is 3.92. The monoisotopic (exact) mass is 552 g/mol. The van der Waals surface area contributed by atoms with Crippen molar-refractivity contribution in [2.24, 2.45) is 0 Å². The molecule has 1 amide bonds. The van der Waals surface area contributed by atoms with Crippen LogP contribution in [0.1, 0.15) is 56.7 Å². The number of aliphatic hydroxyl groups is 1. The molecule has 216 valence electrons. The van der Waals surface area contributed by atoms with Crippen LogP contribution in [0.4, 0.5) is 0 Å². The Kier molecular flexibility index (Phi) is 9.93. The van der Waals surface area contributed by atoms with E-state index >= 15 is 0 Å². The fraction of sp³-hybridized carbons (Fsp3) is 0.484. The van der Waals surface area contributed by atoms with Gasteiger partial charge in [0.15, 0.2) is 23.0 Å². The number of aliphatic hydroxyl groups excluding tert-OH is 1. The standard InChI is InChI=1S/C31H40N2O7/c1-5-7-8-16-38-23-12-10-21(19-25(23)37-6-2)28-27(30(35)31(36)33(28)15-9-14-32(3)4)29(34)22-11-13-24-26(20-22)40-18-17-39-24/h10-13,19-20,28,34H,5-9,14-18H2,1-4H3/b29-27+/t28-/m1/s1. The van der Waals surface area contributed by atoms with Crippen LogP contribution in [0.2, 0.25) is 0 Å². The molecule has 40 heavy (non-hydrogen) atoms.